The van der Waals surface area contributed by atoms with E-state index in [1.165, 1.54) is 0 Å². The van der Waals surface area contributed by atoms with E-state index in [0.717, 1.165) is 11.3 Å². The number of carbonyl (C=O) groups excluding carboxylic acids is 1. The minimum atomic E-state index is -3.00. The number of hydrogen-bond donors (Lipinski definition) is 0. The van der Waals surface area contributed by atoms with Gasteiger partial charge in [0.15, 0.2) is 15.6 Å². The number of rotatable bonds is 6. The molecule has 1 aromatic carbocycles. The van der Waals surface area contributed by atoms with Crippen LogP contribution >= 0.6 is 0 Å². The van der Waals surface area contributed by atoms with Crippen LogP contribution in [0.25, 0.3) is 11.3 Å². The third kappa shape index (κ3) is 5.88. The molecule has 10 heteroatoms. The molecular weight excluding hydrogens is 524 g/mol. The van der Waals surface area contributed by atoms with Gasteiger partial charge >= 0.3 is 0 Å². The molecule has 1 aliphatic heterocycles. The highest BCUT2D eigenvalue weighted by Crippen LogP contribution is 2.53. The fourth-order valence-corrected chi connectivity index (χ4v) is 6.85. The maximum Gasteiger partial charge on any atom is 0.248 e. The number of halogens is 2. The molecule has 7 nitrogen and oxygen atoms in total. The zero-order chi connectivity index (χ0) is 28.2. The number of hydrogen-bond acceptors (Lipinski definition) is 7. The van der Waals surface area contributed by atoms with Crippen molar-refractivity contribution in [2.75, 3.05) is 29.5 Å². The first-order valence-corrected chi connectivity index (χ1v) is 15.4. The van der Waals surface area contributed by atoms with Crippen molar-refractivity contribution >= 4 is 21.3 Å². The van der Waals surface area contributed by atoms with Gasteiger partial charge in [-0.2, -0.15) is 5.26 Å². The van der Waals surface area contributed by atoms with Gasteiger partial charge in [-0.1, -0.05) is 20.8 Å². The fraction of sp³-hybridized carbons (Fsp3) is 0.621. The quantitative estimate of drug-likeness (QED) is 0.450. The zero-order valence-corrected chi connectivity index (χ0v) is 23.5. The Hall–Kier alpha value is -2.80. The third-order valence-electron chi connectivity index (χ3n) is 8.33. The van der Waals surface area contributed by atoms with Crippen molar-refractivity contribution < 1.29 is 26.4 Å². The topological polar surface area (TPSA) is 104 Å². The second-order valence-corrected chi connectivity index (χ2v) is 14.8. The van der Waals surface area contributed by atoms with Crippen LogP contribution in [0.15, 0.2) is 28.7 Å². The van der Waals surface area contributed by atoms with E-state index in [9.17, 15) is 27.3 Å². The van der Waals surface area contributed by atoms with Crippen LogP contribution in [-0.2, 0) is 20.0 Å². The predicted octanol–water partition coefficient (Wildman–Crippen LogP) is 5.66. The largest absolute Gasteiger partial charge is 0.440 e. The van der Waals surface area contributed by atoms with Gasteiger partial charge in [0.2, 0.25) is 11.8 Å². The predicted molar refractivity (Wildman–Crippen MR) is 143 cm³/mol. The first-order chi connectivity index (χ1) is 18.2. The molecule has 0 amide bonds. The van der Waals surface area contributed by atoms with Crippen LogP contribution in [0, 0.1) is 22.7 Å². The number of benzene rings is 1. The highest BCUT2D eigenvalue weighted by Gasteiger charge is 2.51. The first kappa shape index (κ1) is 27.8. The molecule has 0 bridgehead atoms. The van der Waals surface area contributed by atoms with E-state index in [0.29, 0.717) is 43.3 Å². The van der Waals surface area contributed by atoms with Gasteiger partial charge < -0.3 is 9.32 Å². The molecule has 2 atom stereocenters. The van der Waals surface area contributed by atoms with Crippen LogP contribution in [0.2, 0.25) is 0 Å². The van der Waals surface area contributed by atoms with Crippen LogP contribution in [0.5, 0.6) is 0 Å². The van der Waals surface area contributed by atoms with Gasteiger partial charge in [0.25, 0.3) is 0 Å². The average Bonchev–Trinajstić information content (AvgIpc) is 3.49. The summed E-state index contributed by atoms with van der Waals surface area (Å²) in [6.07, 6.45) is 0.473. The number of Topliss-reactive ketones (excluding diaryl/α,β-unsaturated/α-hetero) is 1. The number of carbonyl (C=O) groups is 1. The molecule has 2 saturated carbocycles. The van der Waals surface area contributed by atoms with E-state index in [2.05, 4.69) is 6.07 Å². The molecule has 3 fully saturated rings. The Morgan fingerprint density at radius 3 is 2.36 bits per heavy atom. The zero-order valence-electron chi connectivity index (χ0n) is 22.7. The van der Waals surface area contributed by atoms with E-state index >= 15 is 0 Å². The van der Waals surface area contributed by atoms with Crippen molar-refractivity contribution in [3.63, 3.8) is 0 Å². The van der Waals surface area contributed by atoms with E-state index in [1.54, 1.807) is 0 Å². The molecule has 0 radical (unpaired) electrons. The fourth-order valence-electron chi connectivity index (χ4n) is 5.65. The summed E-state index contributed by atoms with van der Waals surface area (Å²) in [6.45, 7) is 6.73. The summed E-state index contributed by atoms with van der Waals surface area (Å²) in [6, 6.07) is 9.76. The number of sulfone groups is 1. The molecule has 3 aliphatic rings. The van der Waals surface area contributed by atoms with Crippen molar-refractivity contribution in [2.24, 2.45) is 11.3 Å². The molecule has 5 rings (SSSR count). The van der Waals surface area contributed by atoms with Gasteiger partial charge in [0.05, 0.1) is 28.7 Å². The lowest BCUT2D eigenvalue weighted by molar-refractivity contribution is -0.132. The van der Waals surface area contributed by atoms with Crippen LogP contribution in [-0.4, -0.2) is 49.7 Å². The van der Waals surface area contributed by atoms with Gasteiger partial charge in [-0.05, 0) is 43.5 Å². The van der Waals surface area contributed by atoms with Crippen LogP contribution in [0.3, 0.4) is 0 Å². The Kier molecular flexibility index (Phi) is 6.89. The van der Waals surface area contributed by atoms with Gasteiger partial charge in [0, 0.05) is 60.9 Å². The Labute approximate surface area is 228 Å². The van der Waals surface area contributed by atoms with E-state index in [-0.39, 0.29) is 36.6 Å². The number of nitriles is 1. The lowest BCUT2D eigenvalue weighted by Crippen LogP contribution is -2.40. The van der Waals surface area contributed by atoms with E-state index in [4.69, 9.17) is 9.40 Å². The second-order valence-electron chi connectivity index (χ2n) is 12.5. The number of nitrogens with zero attached hydrogens (tertiary/aromatic N) is 3. The molecule has 1 aromatic heterocycles. The average molecular weight is 560 g/mol. The highest BCUT2D eigenvalue weighted by molar-refractivity contribution is 7.91. The van der Waals surface area contributed by atoms with Gasteiger partial charge in [-0.25, -0.2) is 22.2 Å². The molecule has 39 heavy (non-hydrogen) atoms. The molecule has 0 N–H and O–H groups in total. The standard InChI is InChI=1S/C29H35F2N3O4S/c1-27(2,3)26-33-24(21-8-9-29(30,31)16-22(21)23(35)17-28(18-32)10-11-28)25(38-26)19-4-6-20(7-5-19)34-12-14-39(36,37)15-13-34/h4-7,21-22H,8-17H2,1-3H3/t21-,22-/m1/s1. The minimum Gasteiger partial charge on any atom is -0.440 e. The third-order valence-corrected chi connectivity index (χ3v) is 9.94. The Morgan fingerprint density at radius 1 is 1.15 bits per heavy atom. The smallest absolute Gasteiger partial charge is 0.248 e. The summed E-state index contributed by atoms with van der Waals surface area (Å²) in [5.41, 5.74) is 0.986. The minimum absolute atomic E-state index is 0.000309. The molecule has 0 unspecified atom stereocenters. The van der Waals surface area contributed by atoms with Crippen LogP contribution in [0.1, 0.15) is 76.8 Å². The Balaban J connectivity index is 1.49. The van der Waals surface area contributed by atoms with Crippen LogP contribution in [0.4, 0.5) is 14.5 Å². The van der Waals surface area contributed by atoms with Crippen molar-refractivity contribution in [1.29, 1.82) is 5.26 Å². The normalized spacial score (nSPS) is 25.6. The molecule has 210 valence electrons. The molecule has 0 spiro atoms. The molecule has 2 heterocycles. The second kappa shape index (κ2) is 9.69. The summed E-state index contributed by atoms with van der Waals surface area (Å²) in [4.78, 5) is 20.2. The van der Waals surface area contributed by atoms with Crippen molar-refractivity contribution in [3.8, 4) is 17.4 Å². The molecule has 1 saturated heterocycles. The summed E-state index contributed by atoms with van der Waals surface area (Å²) >= 11 is 0. The number of oxazole rings is 1. The van der Waals surface area contributed by atoms with E-state index in [1.807, 2.05) is 49.9 Å². The maximum atomic E-state index is 14.6. The van der Waals surface area contributed by atoms with Gasteiger partial charge in [-0.15, -0.1) is 0 Å². The summed E-state index contributed by atoms with van der Waals surface area (Å²) in [5, 5.41) is 9.51. The molecular formula is C29H35F2N3O4S. The summed E-state index contributed by atoms with van der Waals surface area (Å²) < 4.78 is 59.2. The van der Waals surface area contributed by atoms with Gasteiger partial charge in [-0.3, -0.25) is 4.79 Å². The molecule has 2 aliphatic carbocycles. The lowest BCUT2D eigenvalue weighted by Gasteiger charge is -2.35. The number of anilines is 1. The number of aromatic nitrogens is 1. The lowest BCUT2D eigenvalue weighted by atomic mass is 9.71. The Bertz CT molecular complexity index is 1390. The number of alkyl halides is 2. The summed E-state index contributed by atoms with van der Waals surface area (Å²) in [7, 11) is -3.00. The number of ketones is 1. The van der Waals surface area contributed by atoms with Crippen molar-refractivity contribution in [3.05, 3.63) is 35.9 Å². The first-order valence-electron chi connectivity index (χ1n) is 13.6. The van der Waals surface area contributed by atoms with E-state index < -0.39 is 44.8 Å². The maximum absolute atomic E-state index is 14.6. The highest BCUT2D eigenvalue weighted by atomic mass is 32.2. The van der Waals surface area contributed by atoms with Gasteiger partial charge in [0.1, 0.15) is 5.78 Å². The summed E-state index contributed by atoms with van der Waals surface area (Å²) in [5.74, 6) is -3.53. The van der Waals surface area contributed by atoms with Crippen molar-refractivity contribution in [1.82, 2.24) is 4.98 Å². The van der Waals surface area contributed by atoms with Crippen molar-refractivity contribution in [2.45, 2.75) is 76.6 Å². The monoisotopic (exact) mass is 559 g/mol. The molecule has 2 aromatic rings. The SMILES string of the molecule is CC(C)(C)c1nc([C@@H]2CCC(F)(F)C[C@H]2C(=O)CC2(C#N)CC2)c(-c2ccc(N3CCS(=O)(=O)CC3)cc2)o1. The Morgan fingerprint density at radius 2 is 1.79 bits per heavy atom. The van der Waals surface area contributed by atoms with Crippen LogP contribution < -0.4 is 4.90 Å².